The molecule has 0 aliphatic heterocycles. The number of carbonyl (C=O) groups is 2. The van der Waals surface area contributed by atoms with Crippen LogP contribution in [0.5, 0.6) is 0 Å². The zero-order valence-corrected chi connectivity index (χ0v) is 39.1. The zero-order valence-electron chi connectivity index (χ0n) is 39.1. The van der Waals surface area contributed by atoms with Gasteiger partial charge in [0, 0.05) is 19.4 Å². The maximum absolute atomic E-state index is 12.8. The Morgan fingerprint density at radius 2 is 0.759 bits per heavy atom. The summed E-state index contributed by atoms with van der Waals surface area (Å²) in [7, 11) is 0. The summed E-state index contributed by atoms with van der Waals surface area (Å²) >= 11 is 0. The number of rotatable bonds is 47. The van der Waals surface area contributed by atoms with E-state index in [9.17, 15) is 9.59 Å². The second-order valence-corrected chi connectivity index (χ2v) is 17.1. The fourth-order valence-electron chi connectivity index (χ4n) is 7.31. The SMILES string of the molecule is CCC/C=C\C/C=C\CCCCCCCC(=O)OC(COCCCCCCCC/C=C\CCCCCC)COC(=O)CCCCCCCCCCCCCCCCC. The lowest BCUT2D eigenvalue weighted by Crippen LogP contribution is -2.30. The molecule has 0 heterocycles. The van der Waals surface area contributed by atoms with Crippen LogP contribution in [-0.2, 0) is 23.8 Å². The summed E-state index contributed by atoms with van der Waals surface area (Å²) in [6.07, 6.45) is 58.6. The lowest BCUT2D eigenvalue weighted by atomic mass is 10.0. The van der Waals surface area contributed by atoms with Gasteiger partial charge in [-0.25, -0.2) is 0 Å². The normalized spacial score (nSPS) is 12.4. The first kappa shape index (κ1) is 56.1. The highest BCUT2D eigenvalue weighted by molar-refractivity contribution is 5.70. The Morgan fingerprint density at radius 3 is 1.24 bits per heavy atom. The summed E-state index contributed by atoms with van der Waals surface area (Å²) < 4.78 is 17.4. The molecule has 0 aliphatic carbocycles. The van der Waals surface area contributed by atoms with Gasteiger partial charge < -0.3 is 14.2 Å². The Hall–Kier alpha value is -1.88. The van der Waals surface area contributed by atoms with Gasteiger partial charge in [0.2, 0.25) is 0 Å². The summed E-state index contributed by atoms with van der Waals surface area (Å²) in [6.45, 7) is 7.76. The minimum Gasteiger partial charge on any atom is -0.462 e. The lowest BCUT2D eigenvalue weighted by molar-refractivity contribution is -0.163. The molecule has 1 atom stereocenters. The number of hydrogen-bond donors (Lipinski definition) is 0. The molecule has 5 nitrogen and oxygen atoms in total. The van der Waals surface area contributed by atoms with Gasteiger partial charge in [-0.3, -0.25) is 9.59 Å². The standard InChI is InChI=1S/C53H98O5/c1-4-7-10-13-16-19-22-25-27-29-31-34-37-40-43-46-52(54)57-50-51(49-56-48-45-42-39-36-33-30-26-23-20-17-14-11-8-5-2)58-53(55)47-44-41-38-35-32-28-24-21-18-15-12-9-6-3/h12,15,20-21,23-24,51H,4-11,13-14,16-19,22,25-50H2,1-3H3/b15-12-,23-20-,24-21-. The summed E-state index contributed by atoms with van der Waals surface area (Å²) in [4.78, 5) is 25.3. The van der Waals surface area contributed by atoms with Crippen molar-refractivity contribution in [1.82, 2.24) is 0 Å². The smallest absolute Gasteiger partial charge is 0.306 e. The first-order valence-electron chi connectivity index (χ1n) is 25.5. The quantitative estimate of drug-likeness (QED) is 0.0348. The van der Waals surface area contributed by atoms with Crippen molar-refractivity contribution in [1.29, 1.82) is 0 Å². The zero-order chi connectivity index (χ0) is 42.1. The molecule has 0 bridgehead atoms. The molecule has 5 heteroatoms. The molecule has 0 N–H and O–H groups in total. The fourth-order valence-corrected chi connectivity index (χ4v) is 7.31. The predicted molar refractivity (Wildman–Crippen MR) is 252 cm³/mol. The van der Waals surface area contributed by atoms with Gasteiger partial charge in [0.1, 0.15) is 6.61 Å². The number of esters is 2. The van der Waals surface area contributed by atoms with E-state index in [1.165, 1.54) is 173 Å². The number of unbranched alkanes of at least 4 members (excludes halogenated alkanes) is 30. The molecule has 0 saturated carbocycles. The van der Waals surface area contributed by atoms with Gasteiger partial charge in [-0.05, 0) is 70.6 Å². The van der Waals surface area contributed by atoms with Crippen LogP contribution >= 0.6 is 0 Å². The highest BCUT2D eigenvalue weighted by Crippen LogP contribution is 2.15. The van der Waals surface area contributed by atoms with Crippen molar-refractivity contribution < 1.29 is 23.8 Å². The molecule has 0 fully saturated rings. The average molecular weight is 815 g/mol. The van der Waals surface area contributed by atoms with Crippen LogP contribution in [0.25, 0.3) is 0 Å². The van der Waals surface area contributed by atoms with E-state index in [-0.39, 0.29) is 25.2 Å². The molecule has 0 aromatic heterocycles. The Morgan fingerprint density at radius 1 is 0.379 bits per heavy atom. The summed E-state index contributed by atoms with van der Waals surface area (Å²) in [6, 6.07) is 0. The third kappa shape index (κ3) is 46.8. The molecule has 340 valence electrons. The van der Waals surface area contributed by atoms with Gasteiger partial charge in [0.05, 0.1) is 6.61 Å². The summed E-state index contributed by atoms with van der Waals surface area (Å²) in [5, 5.41) is 0. The molecule has 0 aliphatic rings. The third-order valence-electron chi connectivity index (χ3n) is 11.1. The van der Waals surface area contributed by atoms with Crippen molar-refractivity contribution in [2.24, 2.45) is 0 Å². The predicted octanol–water partition coefficient (Wildman–Crippen LogP) is 17.0. The fraction of sp³-hybridized carbons (Fsp3) is 0.849. The first-order chi connectivity index (χ1) is 28.6. The number of ether oxygens (including phenoxy) is 3. The van der Waals surface area contributed by atoms with Crippen LogP contribution in [0.1, 0.15) is 265 Å². The van der Waals surface area contributed by atoms with Crippen molar-refractivity contribution >= 4 is 11.9 Å². The second-order valence-electron chi connectivity index (χ2n) is 17.1. The number of allylic oxidation sites excluding steroid dienone is 6. The molecule has 0 radical (unpaired) electrons. The highest BCUT2D eigenvalue weighted by atomic mass is 16.6. The third-order valence-corrected chi connectivity index (χ3v) is 11.1. The molecule has 0 aromatic carbocycles. The van der Waals surface area contributed by atoms with Crippen molar-refractivity contribution in [3.63, 3.8) is 0 Å². The van der Waals surface area contributed by atoms with Crippen LogP contribution in [-0.4, -0.2) is 37.9 Å². The van der Waals surface area contributed by atoms with Crippen molar-refractivity contribution in [2.45, 2.75) is 271 Å². The van der Waals surface area contributed by atoms with Gasteiger partial charge in [-0.15, -0.1) is 0 Å². The largest absolute Gasteiger partial charge is 0.462 e. The molecular weight excluding hydrogens is 717 g/mol. The van der Waals surface area contributed by atoms with Crippen LogP contribution in [0.3, 0.4) is 0 Å². The first-order valence-corrected chi connectivity index (χ1v) is 25.5. The monoisotopic (exact) mass is 815 g/mol. The number of carbonyl (C=O) groups excluding carboxylic acids is 2. The van der Waals surface area contributed by atoms with Gasteiger partial charge in [0.25, 0.3) is 0 Å². The van der Waals surface area contributed by atoms with E-state index in [2.05, 4.69) is 57.2 Å². The van der Waals surface area contributed by atoms with Gasteiger partial charge in [0.15, 0.2) is 6.10 Å². The second kappa shape index (κ2) is 49.5. The van der Waals surface area contributed by atoms with E-state index >= 15 is 0 Å². The number of hydrogen-bond acceptors (Lipinski definition) is 5. The summed E-state index contributed by atoms with van der Waals surface area (Å²) in [5.74, 6) is -0.404. The van der Waals surface area contributed by atoms with E-state index in [1.807, 2.05) is 0 Å². The Labute approximate surface area is 361 Å². The van der Waals surface area contributed by atoms with Gasteiger partial charge in [-0.2, -0.15) is 0 Å². The van der Waals surface area contributed by atoms with E-state index < -0.39 is 6.10 Å². The molecule has 0 aromatic rings. The molecular formula is C53H98O5. The highest BCUT2D eigenvalue weighted by Gasteiger charge is 2.17. The summed E-state index contributed by atoms with van der Waals surface area (Å²) in [5.41, 5.74) is 0. The molecule has 0 spiro atoms. The molecule has 0 saturated heterocycles. The van der Waals surface area contributed by atoms with Crippen LogP contribution in [0.15, 0.2) is 36.5 Å². The van der Waals surface area contributed by atoms with Crippen molar-refractivity contribution in [2.75, 3.05) is 19.8 Å². The van der Waals surface area contributed by atoms with Crippen molar-refractivity contribution in [3.8, 4) is 0 Å². The van der Waals surface area contributed by atoms with Gasteiger partial charge in [-0.1, -0.05) is 218 Å². The molecule has 0 amide bonds. The molecule has 1 unspecified atom stereocenters. The van der Waals surface area contributed by atoms with E-state index in [0.29, 0.717) is 19.4 Å². The topological polar surface area (TPSA) is 61.8 Å². The van der Waals surface area contributed by atoms with Crippen molar-refractivity contribution in [3.05, 3.63) is 36.5 Å². The van der Waals surface area contributed by atoms with E-state index in [4.69, 9.17) is 14.2 Å². The molecule has 0 rings (SSSR count). The minimum atomic E-state index is -0.541. The van der Waals surface area contributed by atoms with Gasteiger partial charge >= 0.3 is 11.9 Å². The maximum atomic E-state index is 12.8. The van der Waals surface area contributed by atoms with Crippen LogP contribution in [0, 0.1) is 0 Å². The maximum Gasteiger partial charge on any atom is 0.306 e. The van der Waals surface area contributed by atoms with E-state index in [1.54, 1.807) is 0 Å². The lowest BCUT2D eigenvalue weighted by Gasteiger charge is -2.18. The molecule has 58 heavy (non-hydrogen) atoms. The van der Waals surface area contributed by atoms with Crippen LogP contribution in [0.4, 0.5) is 0 Å². The Balaban J connectivity index is 4.25. The Kier molecular flexibility index (Phi) is 47.9. The minimum absolute atomic E-state index is 0.0818. The van der Waals surface area contributed by atoms with Crippen LogP contribution < -0.4 is 0 Å². The Bertz CT molecular complexity index is 924. The van der Waals surface area contributed by atoms with Crippen LogP contribution in [0.2, 0.25) is 0 Å². The average Bonchev–Trinajstić information content (AvgIpc) is 3.22. The van der Waals surface area contributed by atoms with E-state index in [0.717, 1.165) is 57.8 Å².